The van der Waals surface area contributed by atoms with Crippen molar-refractivity contribution in [2.45, 2.75) is 50.6 Å². The minimum atomic E-state index is -0.470. The van der Waals surface area contributed by atoms with Gasteiger partial charge in [0.15, 0.2) is 0 Å². The zero-order chi connectivity index (χ0) is 23.2. The Balaban J connectivity index is 1.38. The summed E-state index contributed by atoms with van der Waals surface area (Å²) in [5, 5.41) is 1.14. The third-order valence-corrected chi connectivity index (χ3v) is 8.14. The number of carbonyl (C=O) groups is 2. The molecule has 0 unspecified atom stereocenters. The zero-order valence-corrected chi connectivity index (χ0v) is 20.7. The molecule has 1 aliphatic carbocycles. The van der Waals surface area contributed by atoms with Crippen LogP contribution < -0.4 is 0 Å². The molecule has 3 aliphatic rings. The van der Waals surface area contributed by atoms with Crippen LogP contribution in [-0.2, 0) is 16.0 Å². The lowest BCUT2D eigenvalue weighted by Gasteiger charge is -2.47. The predicted molar refractivity (Wildman–Crippen MR) is 136 cm³/mol. The standard InChI is InChI=1S/C28H28BrN3O2/c29-20-12-10-19(11-13-20)27-26-22(21-8-4-5-9-23(21)30-26)16-24-28(34)31(17-25(33)32(24)27)15-14-18-6-2-1-3-7-18/h4-6,8-13,24,27,30H,1-3,7,14-17H2/t24-,27-/m0/s1. The fraction of sp³-hybridized carbons (Fsp3) is 0.357. The van der Waals surface area contributed by atoms with Crippen LogP contribution >= 0.6 is 15.9 Å². The van der Waals surface area contributed by atoms with Crippen LogP contribution in [0, 0.1) is 0 Å². The topological polar surface area (TPSA) is 56.4 Å². The summed E-state index contributed by atoms with van der Waals surface area (Å²) in [6.45, 7) is 0.787. The predicted octanol–water partition coefficient (Wildman–Crippen LogP) is 5.51. The van der Waals surface area contributed by atoms with Crippen molar-refractivity contribution in [2.24, 2.45) is 0 Å². The van der Waals surface area contributed by atoms with Gasteiger partial charge < -0.3 is 14.8 Å². The maximum Gasteiger partial charge on any atom is 0.246 e. The molecule has 0 saturated carbocycles. The summed E-state index contributed by atoms with van der Waals surface area (Å²) < 4.78 is 0.990. The first-order valence-electron chi connectivity index (χ1n) is 12.2. The van der Waals surface area contributed by atoms with Gasteiger partial charge in [-0.1, -0.05) is 57.9 Å². The van der Waals surface area contributed by atoms with Crippen LogP contribution in [0.4, 0.5) is 0 Å². The highest BCUT2D eigenvalue weighted by Gasteiger charge is 2.48. The number of para-hydroxylation sites is 1. The highest BCUT2D eigenvalue weighted by atomic mass is 79.9. The first-order chi connectivity index (χ1) is 16.6. The molecule has 3 aromatic rings. The number of aromatic amines is 1. The molecule has 1 fully saturated rings. The van der Waals surface area contributed by atoms with E-state index in [1.54, 1.807) is 4.90 Å². The molecule has 0 bridgehead atoms. The number of piperazine rings is 1. The number of hydrogen-bond donors (Lipinski definition) is 1. The summed E-state index contributed by atoms with van der Waals surface area (Å²) in [6, 6.07) is 15.6. The molecule has 3 heterocycles. The Kier molecular flexibility index (Phi) is 5.56. The molecule has 34 heavy (non-hydrogen) atoms. The van der Waals surface area contributed by atoms with Crippen LogP contribution in [0.25, 0.3) is 10.9 Å². The van der Waals surface area contributed by atoms with E-state index in [0.29, 0.717) is 13.0 Å². The highest BCUT2D eigenvalue weighted by molar-refractivity contribution is 9.10. The number of benzene rings is 2. The lowest BCUT2D eigenvalue weighted by atomic mass is 9.86. The van der Waals surface area contributed by atoms with E-state index in [1.807, 2.05) is 41.3 Å². The van der Waals surface area contributed by atoms with Crippen molar-refractivity contribution in [3.8, 4) is 0 Å². The fourth-order valence-electron chi connectivity index (χ4n) is 5.91. The molecule has 1 aromatic heterocycles. The van der Waals surface area contributed by atoms with Crippen molar-refractivity contribution in [1.29, 1.82) is 0 Å². The van der Waals surface area contributed by atoms with Gasteiger partial charge in [-0.3, -0.25) is 9.59 Å². The summed E-state index contributed by atoms with van der Waals surface area (Å²) in [6.07, 6.45) is 8.50. The molecule has 6 heteroatoms. The molecule has 2 aliphatic heterocycles. The summed E-state index contributed by atoms with van der Waals surface area (Å²) >= 11 is 3.52. The van der Waals surface area contributed by atoms with Gasteiger partial charge in [0.2, 0.25) is 11.8 Å². The number of carbonyl (C=O) groups excluding carboxylic acids is 2. The second-order valence-corrected chi connectivity index (χ2v) is 10.6. The number of hydrogen-bond acceptors (Lipinski definition) is 2. The van der Waals surface area contributed by atoms with Crippen molar-refractivity contribution in [2.75, 3.05) is 13.1 Å². The molecular formula is C28H28BrN3O2. The van der Waals surface area contributed by atoms with Crippen molar-refractivity contribution in [1.82, 2.24) is 14.8 Å². The van der Waals surface area contributed by atoms with Crippen molar-refractivity contribution in [3.05, 3.63) is 81.5 Å². The number of H-pyrrole nitrogens is 1. The van der Waals surface area contributed by atoms with E-state index in [9.17, 15) is 9.59 Å². The Morgan fingerprint density at radius 2 is 1.85 bits per heavy atom. The average molecular weight is 518 g/mol. The summed E-state index contributed by atoms with van der Waals surface area (Å²) in [5.41, 5.74) is 5.69. The van der Waals surface area contributed by atoms with Gasteiger partial charge in [0, 0.05) is 34.0 Å². The SMILES string of the molecule is O=C1[C@@H]2Cc3c([nH]c4ccccc34)[C@H](c3ccc(Br)cc3)N2C(=O)CN1CCC1=CCCCC1. The molecule has 2 aromatic carbocycles. The normalized spacial score (nSPS) is 22.6. The van der Waals surface area contributed by atoms with Gasteiger partial charge in [-0.25, -0.2) is 0 Å². The van der Waals surface area contributed by atoms with E-state index in [1.165, 1.54) is 18.4 Å². The largest absolute Gasteiger partial charge is 0.356 e. The second-order valence-electron chi connectivity index (χ2n) is 9.66. The smallest absolute Gasteiger partial charge is 0.246 e. The van der Waals surface area contributed by atoms with Crippen molar-refractivity contribution >= 4 is 38.6 Å². The molecule has 2 atom stereocenters. The third-order valence-electron chi connectivity index (χ3n) is 7.62. The first kappa shape index (κ1) is 21.7. The van der Waals surface area contributed by atoms with Crippen LogP contribution in [0.1, 0.15) is 55.0 Å². The van der Waals surface area contributed by atoms with Crippen molar-refractivity contribution in [3.63, 3.8) is 0 Å². The van der Waals surface area contributed by atoms with Gasteiger partial charge in [0.25, 0.3) is 0 Å². The van der Waals surface area contributed by atoms with Gasteiger partial charge in [0.05, 0.1) is 12.6 Å². The molecule has 174 valence electrons. The Bertz CT molecular complexity index is 1290. The monoisotopic (exact) mass is 517 g/mol. The highest BCUT2D eigenvalue weighted by Crippen LogP contribution is 2.42. The third kappa shape index (κ3) is 3.68. The number of allylic oxidation sites excluding steroid dienone is 1. The number of aromatic nitrogens is 1. The van der Waals surface area contributed by atoms with E-state index in [4.69, 9.17) is 0 Å². The van der Waals surface area contributed by atoms with Gasteiger partial charge in [-0.15, -0.1) is 0 Å². The number of fused-ring (bicyclic) bond motifs is 4. The molecular weight excluding hydrogens is 490 g/mol. The average Bonchev–Trinajstić information content (AvgIpc) is 3.24. The maximum absolute atomic E-state index is 13.8. The first-order valence-corrected chi connectivity index (χ1v) is 13.0. The van der Waals surface area contributed by atoms with Crippen LogP contribution in [0.3, 0.4) is 0 Å². The molecule has 5 nitrogen and oxygen atoms in total. The maximum atomic E-state index is 13.8. The van der Waals surface area contributed by atoms with Gasteiger partial charge >= 0.3 is 0 Å². The molecule has 0 radical (unpaired) electrons. The number of nitrogens with one attached hydrogen (secondary N) is 1. The van der Waals surface area contributed by atoms with E-state index >= 15 is 0 Å². The minimum Gasteiger partial charge on any atom is -0.356 e. The Labute approximate surface area is 207 Å². The molecule has 1 saturated heterocycles. The van der Waals surface area contributed by atoms with Crippen LogP contribution in [0.5, 0.6) is 0 Å². The quantitative estimate of drug-likeness (QED) is 0.464. The number of amides is 2. The zero-order valence-electron chi connectivity index (χ0n) is 19.1. The molecule has 2 amide bonds. The lowest BCUT2D eigenvalue weighted by molar-refractivity contribution is -0.158. The Hall–Kier alpha value is -2.86. The molecule has 1 N–H and O–H groups in total. The Morgan fingerprint density at radius 3 is 2.65 bits per heavy atom. The van der Waals surface area contributed by atoms with Crippen LogP contribution in [-0.4, -0.2) is 45.7 Å². The molecule has 6 rings (SSSR count). The van der Waals surface area contributed by atoms with Crippen LogP contribution in [0.15, 0.2) is 64.7 Å². The minimum absolute atomic E-state index is 0.0273. The summed E-state index contributed by atoms with van der Waals surface area (Å²) in [7, 11) is 0. The van der Waals surface area contributed by atoms with E-state index in [0.717, 1.165) is 51.5 Å². The number of nitrogens with zero attached hydrogens (tertiary/aromatic N) is 2. The number of halogens is 1. The fourth-order valence-corrected chi connectivity index (χ4v) is 6.18. The van der Waals surface area contributed by atoms with Gasteiger partial charge in [0.1, 0.15) is 6.04 Å². The lowest BCUT2D eigenvalue weighted by Crippen LogP contribution is -2.63. The van der Waals surface area contributed by atoms with E-state index in [-0.39, 0.29) is 24.4 Å². The van der Waals surface area contributed by atoms with Crippen LogP contribution in [0.2, 0.25) is 0 Å². The number of rotatable bonds is 4. The van der Waals surface area contributed by atoms with Gasteiger partial charge in [-0.2, -0.15) is 0 Å². The van der Waals surface area contributed by atoms with E-state index < -0.39 is 6.04 Å². The summed E-state index contributed by atoms with van der Waals surface area (Å²) in [4.78, 5) is 34.6. The van der Waals surface area contributed by atoms with E-state index in [2.05, 4.69) is 39.1 Å². The summed E-state index contributed by atoms with van der Waals surface area (Å²) in [5.74, 6) is 0.105. The Morgan fingerprint density at radius 1 is 1.03 bits per heavy atom. The second kappa shape index (κ2) is 8.73. The molecule has 0 spiro atoms. The van der Waals surface area contributed by atoms with Crippen molar-refractivity contribution < 1.29 is 9.59 Å². The van der Waals surface area contributed by atoms with Gasteiger partial charge in [-0.05, 0) is 61.4 Å².